The monoisotopic (exact) mass is 179 g/mol. The van der Waals surface area contributed by atoms with Crippen LogP contribution >= 0.6 is 0 Å². The molecule has 0 aromatic rings. The molecule has 2 nitrogen and oxygen atoms in total. The molecule has 0 aromatic carbocycles. The van der Waals surface area contributed by atoms with E-state index in [0.29, 0.717) is 12.5 Å². The zero-order chi connectivity index (χ0) is 8.97. The number of alkyl halides is 2. The molecule has 0 spiro atoms. The van der Waals surface area contributed by atoms with Gasteiger partial charge in [-0.2, -0.15) is 8.78 Å². The van der Waals surface area contributed by atoms with E-state index in [9.17, 15) is 8.78 Å². The van der Waals surface area contributed by atoms with E-state index >= 15 is 0 Å². The molecule has 0 aliphatic heterocycles. The van der Waals surface area contributed by atoms with Gasteiger partial charge in [0.2, 0.25) is 0 Å². The summed E-state index contributed by atoms with van der Waals surface area (Å²) in [5, 5.41) is 0. The van der Waals surface area contributed by atoms with Crippen LogP contribution in [0.25, 0.3) is 0 Å². The number of hydrogen-bond acceptors (Lipinski definition) is 2. The van der Waals surface area contributed by atoms with Crippen LogP contribution in [0.1, 0.15) is 25.7 Å². The van der Waals surface area contributed by atoms with Crippen molar-refractivity contribution >= 4 is 0 Å². The molecule has 1 aliphatic carbocycles. The van der Waals surface area contributed by atoms with E-state index < -0.39 is 6.61 Å². The maximum atomic E-state index is 11.8. The number of nitrogens with two attached hydrogens (primary N) is 1. The molecule has 4 heteroatoms. The van der Waals surface area contributed by atoms with Crippen LogP contribution in [-0.4, -0.2) is 19.3 Å². The Labute approximate surface area is 71.1 Å². The van der Waals surface area contributed by atoms with Gasteiger partial charge in [-0.3, -0.25) is 0 Å². The summed E-state index contributed by atoms with van der Waals surface area (Å²) in [5.74, 6) is 0.499. The van der Waals surface area contributed by atoms with Crippen molar-refractivity contribution in [3.8, 4) is 0 Å². The first kappa shape index (κ1) is 9.86. The predicted octanol–water partition coefficient (Wildman–Crippen LogP) is 1.74. The van der Waals surface area contributed by atoms with Gasteiger partial charge in [0.05, 0.1) is 6.10 Å². The van der Waals surface area contributed by atoms with Crippen molar-refractivity contribution in [2.24, 2.45) is 11.7 Å². The summed E-state index contributed by atoms with van der Waals surface area (Å²) in [6, 6.07) is 0. The minimum Gasteiger partial charge on any atom is -0.330 e. The second kappa shape index (κ2) is 4.72. The Kier molecular flexibility index (Phi) is 3.88. The largest absolute Gasteiger partial charge is 0.345 e. The van der Waals surface area contributed by atoms with Crippen LogP contribution < -0.4 is 5.73 Å². The summed E-state index contributed by atoms with van der Waals surface area (Å²) >= 11 is 0. The van der Waals surface area contributed by atoms with Crippen LogP contribution in [0.4, 0.5) is 8.78 Å². The Bertz CT molecular complexity index is 132. The van der Waals surface area contributed by atoms with Crippen molar-refractivity contribution in [2.45, 2.75) is 38.4 Å². The van der Waals surface area contributed by atoms with Crippen LogP contribution in [0.5, 0.6) is 0 Å². The Hall–Kier alpha value is -0.220. The van der Waals surface area contributed by atoms with E-state index in [1.165, 1.54) is 0 Å². The minimum atomic E-state index is -2.62. The molecule has 0 aromatic heterocycles. The number of rotatable bonds is 4. The van der Waals surface area contributed by atoms with Crippen molar-refractivity contribution < 1.29 is 13.5 Å². The molecular weight excluding hydrogens is 164 g/mol. The average Bonchev–Trinajstić information content (AvgIpc) is 2.36. The lowest BCUT2D eigenvalue weighted by Gasteiger charge is -2.10. The fraction of sp³-hybridized carbons (Fsp3) is 1.00. The molecule has 0 saturated heterocycles. The first-order chi connectivity index (χ1) is 5.72. The van der Waals surface area contributed by atoms with E-state index in [1.807, 2.05) is 0 Å². The normalized spacial score (nSPS) is 30.0. The van der Waals surface area contributed by atoms with Gasteiger partial charge in [0, 0.05) is 0 Å². The fourth-order valence-corrected chi connectivity index (χ4v) is 1.80. The quantitative estimate of drug-likeness (QED) is 0.713. The summed E-state index contributed by atoms with van der Waals surface area (Å²) in [5.41, 5.74) is 5.37. The molecule has 0 radical (unpaired) electrons. The van der Waals surface area contributed by atoms with Crippen LogP contribution in [0.3, 0.4) is 0 Å². The van der Waals surface area contributed by atoms with Gasteiger partial charge in [-0.05, 0) is 38.1 Å². The zero-order valence-electron chi connectivity index (χ0n) is 7.01. The molecule has 72 valence electrons. The Morgan fingerprint density at radius 3 is 2.75 bits per heavy atom. The molecule has 1 saturated carbocycles. The maximum absolute atomic E-state index is 11.8. The number of ether oxygens (including phenoxy) is 1. The highest BCUT2D eigenvalue weighted by Crippen LogP contribution is 2.30. The second-order valence-corrected chi connectivity index (χ2v) is 3.28. The molecule has 1 rings (SSSR count). The SMILES string of the molecule is NCCC1CCC(OC(F)F)C1. The molecule has 0 bridgehead atoms. The highest BCUT2D eigenvalue weighted by atomic mass is 19.3. The molecule has 0 heterocycles. The lowest BCUT2D eigenvalue weighted by atomic mass is 10.0. The molecule has 2 N–H and O–H groups in total. The van der Waals surface area contributed by atoms with Crippen molar-refractivity contribution in [3.05, 3.63) is 0 Å². The van der Waals surface area contributed by atoms with E-state index in [4.69, 9.17) is 5.73 Å². The summed E-state index contributed by atoms with van der Waals surface area (Å²) in [6.45, 7) is -1.97. The third kappa shape index (κ3) is 3.03. The molecule has 2 unspecified atom stereocenters. The summed E-state index contributed by atoms with van der Waals surface area (Å²) in [7, 11) is 0. The first-order valence-corrected chi connectivity index (χ1v) is 4.36. The summed E-state index contributed by atoms with van der Waals surface area (Å²) in [4.78, 5) is 0. The Morgan fingerprint density at radius 1 is 1.42 bits per heavy atom. The molecule has 0 amide bonds. The lowest BCUT2D eigenvalue weighted by molar-refractivity contribution is -0.161. The first-order valence-electron chi connectivity index (χ1n) is 4.36. The van der Waals surface area contributed by atoms with Crippen LogP contribution in [-0.2, 0) is 4.74 Å². The van der Waals surface area contributed by atoms with Crippen molar-refractivity contribution in [1.82, 2.24) is 0 Å². The Morgan fingerprint density at radius 2 is 2.17 bits per heavy atom. The van der Waals surface area contributed by atoms with Crippen molar-refractivity contribution in [2.75, 3.05) is 6.54 Å². The molecular formula is C8H15F2NO. The third-order valence-electron chi connectivity index (χ3n) is 2.36. The van der Waals surface area contributed by atoms with Gasteiger partial charge < -0.3 is 10.5 Å². The van der Waals surface area contributed by atoms with Crippen LogP contribution in [0, 0.1) is 5.92 Å². The predicted molar refractivity (Wildman–Crippen MR) is 41.9 cm³/mol. The molecule has 2 atom stereocenters. The van der Waals surface area contributed by atoms with Gasteiger partial charge >= 0.3 is 6.61 Å². The lowest BCUT2D eigenvalue weighted by Crippen LogP contribution is -2.13. The van der Waals surface area contributed by atoms with Gasteiger partial charge in [0.25, 0.3) is 0 Å². The van der Waals surface area contributed by atoms with E-state index in [-0.39, 0.29) is 6.10 Å². The Balaban J connectivity index is 2.16. The number of halogens is 2. The van der Waals surface area contributed by atoms with Crippen molar-refractivity contribution in [1.29, 1.82) is 0 Å². The summed E-state index contributed by atoms with van der Waals surface area (Å²) < 4.78 is 27.9. The number of hydrogen-bond donors (Lipinski definition) is 1. The van der Waals surface area contributed by atoms with Gasteiger partial charge in [-0.15, -0.1) is 0 Å². The third-order valence-corrected chi connectivity index (χ3v) is 2.36. The molecule has 1 aliphatic rings. The highest BCUT2D eigenvalue weighted by molar-refractivity contribution is 4.76. The van der Waals surface area contributed by atoms with Gasteiger partial charge in [-0.1, -0.05) is 0 Å². The van der Waals surface area contributed by atoms with Gasteiger partial charge in [0.15, 0.2) is 0 Å². The van der Waals surface area contributed by atoms with E-state index in [1.54, 1.807) is 0 Å². The van der Waals surface area contributed by atoms with E-state index in [0.717, 1.165) is 25.7 Å². The topological polar surface area (TPSA) is 35.2 Å². The average molecular weight is 179 g/mol. The van der Waals surface area contributed by atoms with Gasteiger partial charge in [-0.25, -0.2) is 0 Å². The van der Waals surface area contributed by atoms with Gasteiger partial charge in [0.1, 0.15) is 0 Å². The maximum Gasteiger partial charge on any atom is 0.345 e. The summed E-state index contributed by atoms with van der Waals surface area (Å²) in [6.07, 6.45) is 3.19. The molecule has 12 heavy (non-hydrogen) atoms. The molecule has 1 fully saturated rings. The standard InChI is InChI=1S/C8H15F2NO/c9-8(10)12-7-2-1-6(5-7)3-4-11/h6-8H,1-5,11H2. The fourth-order valence-electron chi connectivity index (χ4n) is 1.80. The zero-order valence-corrected chi connectivity index (χ0v) is 7.01. The smallest absolute Gasteiger partial charge is 0.330 e. The van der Waals surface area contributed by atoms with E-state index in [2.05, 4.69) is 4.74 Å². The van der Waals surface area contributed by atoms with Crippen LogP contribution in [0.15, 0.2) is 0 Å². The second-order valence-electron chi connectivity index (χ2n) is 3.28. The highest BCUT2D eigenvalue weighted by Gasteiger charge is 2.26. The van der Waals surface area contributed by atoms with Crippen LogP contribution in [0.2, 0.25) is 0 Å². The minimum absolute atomic E-state index is 0.235. The van der Waals surface area contributed by atoms with Crippen molar-refractivity contribution in [3.63, 3.8) is 0 Å².